The molecule has 9 nitrogen and oxygen atoms in total. The van der Waals surface area contributed by atoms with Gasteiger partial charge in [0.15, 0.2) is 24.8 Å². The van der Waals surface area contributed by atoms with Crippen LogP contribution in [0.25, 0.3) is 0 Å². The lowest BCUT2D eigenvalue weighted by atomic mass is 10.1. The monoisotopic (exact) mass is 504 g/mol. The van der Waals surface area contributed by atoms with E-state index in [1.807, 2.05) is 31.2 Å². The fourth-order valence-electron chi connectivity index (χ4n) is 4.37. The van der Waals surface area contributed by atoms with E-state index in [1.165, 1.54) is 4.90 Å². The maximum absolute atomic E-state index is 12.9. The summed E-state index contributed by atoms with van der Waals surface area (Å²) >= 11 is 0. The summed E-state index contributed by atoms with van der Waals surface area (Å²) in [5.41, 5.74) is 1.89. The lowest BCUT2D eigenvalue weighted by molar-refractivity contribution is -0.121. The van der Waals surface area contributed by atoms with Crippen molar-refractivity contribution in [2.24, 2.45) is 0 Å². The molecule has 0 unspecified atom stereocenters. The Labute approximate surface area is 214 Å². The maximum atomic E-state index is 12.9. The second kappa shape index (κ2) is 10.9. The van der Waals surface area contributed by atoms with Gasteiger partial charge in [-0.05, 0) is 48.4 Å². The molecule has 0 saturated carbocycles. The number of anilines is 1. The molecule has 3 heterocycles. The molecule has 9 heteroatoms. The molecule has 2 aromatic carbocycles. The van der Waals surface area contributed by atoms with Gasteiger partial charge in [0.2, 0.25) is 0 Å². The summed E-state index contributed by atoms with van der Waals surface area (Å²) in [4.78, 5) is 41.6. The number of fused-ring (bicyclic) bond motifs is 1. The molecule has 2 amide bonds. The van der Waals surface area contributed by atoms with E-state index in [9.17, 15) is 14.4 Å². The van der Waals surface area contributed by atoms with E-state index in [-0.39, 0.29) is 43.1 Å². The molecule has 0 bridgehead atoms. The summed E-state index contributed by atoms with van der Waals surface area (Å²) in [5, 5.41) is 0. The highest BCUT2D eigenvalue weighted by atomic mass is 16.5. The van der Waals surface area contributed by atoms with Gasteiger partial charge in [0.25, 0.3) is 11.8 Å². The molecule has 2 aliphatic heterocycles. The normalized spacial score (nSPS) is 15.2. The summed E-state index contributed by atoms with van der Waals surface area (Å²) in [6.45, 7) is 3.88. The number of furan rings is 1. The molecule has 1 aromatic heterocycles. The number of carbonyl (C=O) groups is 3. The van der Waals surface area contributed by atoms with Crippen LogP contribution in [-0.2, 0) is 22.5 Å². The molecule has 5 rings (SSSR count). The zero-order valence-electron chi connectivity index (χ0n) is 20.6. The van der Waals surface area contributed by atoms with Gasteiger partial charge >= 0.3 is 0 Å². The Morgan fingerprint density at radius 2 is 1.84 bits per heavy atom. The number of nitrogens with zero attached hydrogens (tertiary/aromatic N) is 2. The zero-order chi connectivity index (χ0) is 25.8. The summed E-state index contributed by atoms with van der Waals surface area (Å²) in [6.07, 6.45) is 0.796. The Bertz CT molecular complexity index is 1310. The summed E-state index contributed by atoms with van der Waals surface area (Å²) in [6, 6.07) is 15.9. The first-order valence-corrected chi connectivity index (χ1v) is 12.3. The Kier molecular flexibility index (Phi) is 7.23. The van der Waals surface area contributed by atoms with Crippen molar-refractivity contribution >= 4 is 23.3 Å². The quantitative estimate of drug-likeness (QED) is 0.433. The number of carbonyl (C=O) groups excluding carboxylic acids is 3. The Hall–Kier alpha value is -4.11. The topological polar surface area (TPSA) is 98.5 Å². The van der Waals surface area contributed by atoms with Crippen molar-refractivity contribution in [3.63, 3.8) is 0 Å². The molecule has 37 heavy (non-hydrogen) atoms. The van der Waals surface area contributed by atoms with Gasteiger partial charge in [-0.2, -0.15) is 0 Å². The molecule has 2 aliphatic rings. The molecule has 1 saturated heterocycles. The van der Waals surface area contributed by atoms with Crippen molar-refractivity contribution in [3.8, 4) is 11.5 Å². The van der Waals surface area contributed by atoms with Crippen LogP contribution < -0.4 is 14.4 Å². The molecule has 192 valence electrons. The second-order valence-electron chi connectivity index (χ2n) is 8.79. The molecule has 0 radical (unpaired) electrons. The van der Waals surface area contributed by atoms with Gasteiger partial charge in [-0.3, -0.25) is 19.3 Å². The Morgan fingerprint density at radius 1 is 1.03 bits per heavy atom. The highest BCUT2D eigenvalue weighted by molar-refractivity contribution is 6.02. The third kappa shape index (κ3) is 5.36. The van der Waals surface area contributed by atoms with E-state index in [2.05, 4.69) is 0 Å². The van der Waals surface area contributed by atoms with Gasteiger partial charge in [-0.15, -0.1) is 0 Å². The minimum absolute atomic E-state index is 0.101. The highest BCUT2D eigenvalue weighted by Gasteiger charge is 2.29. The third-order valence-corrected chi connectivity index (χ3v) is 6.42. The van der Waals surface area contributed by atoms with Crippen LogP contribution in [0.3, 0.4) is 0 Å². The van der Waals surface area contributed by atoms with Gasteiger partial charge in [-0.25, -0.2) is 0 Å². The van der Waals surface area contributed by atoms with Crippen molar-refractivity contribution in [3.05, 3.63) is 77.2 Å². The largest absolute Gasteiger partial charge is 0.485 e. The second-order valence-corrected chi connectivity index (χ2v) is 8.79. The number of rotatable bonds is 8. The van der Waals surface area contributed by atoms with Crippen molar-refractivity contribution in [1.82, 2.24) is 4.90 Å². The maximum Gasteiger partial charge on any atom is 0.289 e. The van der Waals surface area contributed by atoms with Crippen molar-refractivity contribution < 1.29 is 33.0 Å². The molecule has 0 N–H and O–H groups in total. The lowest BCUT2D eigenvalue weighted by Crippen LogP contribution is -2.40. The molecular formula is C28H28N2O7. The number of Topliss-reactive ketones (excluding diaryl/α,β-unsaturated/α-hetero) is 1. The first kappa shape index (κ1) is 24.6. The van der Waals surface area contributed by atoms with Crippen LogP contribution in [-0.4, -0.2) is 62.0 Å². The standard InChI is InChI=1S/C28H28N2O7/c1-2-19-5-3-4-6-24(19)35-17-23(31)20-7-9-25-22(15-20)30(27(32)18-36-25)16-21-8-10-26(37-21)28(33)29-11-13-34-14-12-29/h3-10,15H,2,11-14,16-18H2,1H3. The van der Waals surface area contributed by atoms with Crippen molar-refractivity contribution in [2.45, 2.75) is 19.9 Å². The molecule has 0 aliphatic carbocycles. The van der Waals surface area contributed by atoms with Crippen LogP contribution in [0.4, 0.5) is 5.69 Å². The van der Waals surface area contributed by atoms with Gasteiger partial charge in [0, 0.05) is 18.7 Å². The number of para-hydroxylation sites is 1. The molecule has 0 spiro atoms. The number of amides is 2. The van der Waals surface area contributed by atoms with E-state index in [0.29, 0.717) is 54.8 Å². The van der Waals surface area contributed by atoms with Crippen molar-refractivity contribution in [1.29, 1.82) is 0 Å². The lowest BCUT2D eigenvalue weighted by Gasteiger charge is -2.29. The number of morpholine rings is 1. The van der Waals surface area contributed by atoms with Gasteiger partial charge < -0.3 is 23.5 Å². The predicted octanol–water partition coefficient (Wildman–Crippen LogP) is 3.50. The number of ether oxygens (including phenoxy) is 3. The van der Waals surface area contributed by atoms with Crippen LogP contribution in [0.15, 0.2) is 59.0 Å². The minimum Gasteiger partial charge on any atom is -0.485 e. The fraction of sp³-hybridized carbons (Fsp3) is 0.321. The van der Waals surface area contributed by atoms with Crippen LogP contribution in [0, 0.1) is 0 Å². The predicted molar refractivity (Wildman–Crippen MR) is 134 cm³/mol. The van der Waals surface area contributed by atoms with Crippen LogP contribution in [0.2, 0.25) is 0 Å². The van der Waals surface area contributed by atoms with E-state index < -0.39 is 0 Å². The van der Waals surface area contributed by atoms with E-state index in [0.717, 1.165) is 12.0 Å². The van der Waals surface area contributed by atoms with Gasteiger partial charge in [-0.1, -0.05) is 25.1 Å². The zero-order valence-corrected chi connectivity index (χ0v) is 20.6. The smallest absolute Gasteiger partial charge is 0.289 e. The minimum atomic E-state index is -0.275. The number of hydrogen-bond acceptors (Lipinski definition) is 7. The van der Waals surface area contributed by atoms with Gasteiger partial charge in [0.1, 0.15) is 17.3 Å². The number of aryl methyl sites for hydroxylation is 1. The van der Waals surface area contributed by atoms with E-state index >= 15 is 0 Å². The molecular weight excluding hydrogens is 476 g/mol. The van der Waals surface area contributed by atoms with Crippen molar-refractivity contribution in [2.75, 3.05) is 44.4 Å². The first-order chi connectivity index (χ1) is 18.0. The average molecular weight is 505 g/mol. The summed E-state index contributed by atoms with van der Waals surface area (Å²) in [5.74, 6) is 1.13. The van der Waals surface area contributed by atoms with Crippen LogP contribution in [0.1, 0.15) is 39.2 Å². The number of hydrogen-bond donors (Lipinski definition) is 0. The summed E-state index contributed by atoms with van der Waals surface area (Å²) in [7, 11) is 0. The van der Waals surface area contributed by atoms with Crippen LogP contribution in [0.5, 0.6) is 11.5 Å². The summed E-state index contributed by atoms with van der Waals surface area (Å²) < 4.78 is 22.5. The van der Waals surface area contributed by atoms with E-state index in [1.54, 1.807) is 35.2 Å². The number of benzene rings is 2. The van der Waals surface area contributed by atoms with Gasteiger partial charge in [0.05, 0.1) is 25.4 Å². The Morgan fingerprint density at radius 3 is 2.65 bits per heavy atom. The van der Waals surface area contributed by atoms with Crippen LogP contribution >= 0.6 is 0 Å². The number of ketones is 1. The van der Waals surface area contributed by atoms with E-state index in [4.69, 9.17) is 18.6 Å². The molecule has 3 aromatic rings. The first-order valence-electron chi connectivity index (χ1n) is 12.3. The fourth-order valence-corrected chi connectivity index (χ4v) is 4.37. The molecule has 1 fully saturated rings. The third-order valence-electron chi connectivity index (χ3n) is 6.42. The average Bonchev–Trinajstić information content (AvgIpc) is 3.42. The molecule has 0 atom stereocenters. The Balaban J connectivity index is 1.31. The highest BCUT2D eigenvalue weighted by Crippen LogP contribution is 2.34. The SMILES string of the molecule is CCc1ccccc1OCC(=O)c1ccc2c(c1)N(Cc1ccc(C(=O)N3CCOCC3)o1)C(=O)CO2.